The SMILES string of the molecule is CCCOc1cccc(N2C(=O)C(c3ccc(OC)cc3)=C(N3CCC(C)CC3)C2=O)c1. The summed E-state index contributed by atoms with van der Waals surface area (Å²) in [6.45, 7) is 6.38. The molecule has 0 saturated carbocycles. The summed E-state index contributed by atoms with van der Waals surface area (Å²) in [4.78, 5) is 30.7. The Kier molecular flexibility index (Phi) is 6.49. The van der Waals surface area contributed by atoms with E-state index in [-0.39, 0.29) is 11.8 Å². The van der Waals surface area contributed by atoms with Crippen molar-refractivity contribution >= 4 is 23.1 Å². The molecular formula is C26H30N2O4. The molecule has 0 aliphatic carbocycles. The lowest BCUT2D eigenvalue weighted by atomic mass is 9.97. The molecule has 6 heteroatoms. The van der Waals surface area contributed by atoms with Crippen molar-refractivity contribution in [3.63, 3.8) is 0 Å². The topological polar surface area (TPSA) is 59.1 Å². The summed E-state index contributed by atoms with van der Waals surface area (Å²) < 4.78 is 11.0. The minimum Gasteiger partial charge on any atom is -0.497 e. The summed E-state index contributed by atoms with van der Waals surface area (Å²) in [5.74, 6) is 1.39. The van der Waals surface area contributed by atoms with Crippen molar-refractivity contribution in [2.45, 2.75) is 33.1 Å². The van der Waals surface area contributed by atoms with E-state index < -0.39 is 0 Å². The average molecular weight is 435 g/mol. The molecule has 2 heterocycles. The summed E-state index contributed by atoms with van der Waals surface area (Å²) in [6.07, 6.45) is 2.88. The van der Waals surface area contributed by atoms with Crippen molar-refractivity contribution in [2.75, 3.05) is 31.7 Å². The van der Waals surface area contributed by atoms with Crippen molar-refractivity contribution in [3.8, 4) is 11.5 Å². The quantitative estimate of drug-likeness (QED) is 0.601. The van der Waals surface area contributed by atoms with Gasteiger partial charge >= 0.3 is 0 Å². The fourth-order valence-corrected chi connectivity index (χ4v) is 4.23. The monoisotopic (exact) mass is 434 g/mol. The molecule has 0 unspecified atom stereocenters. The van der Waals surface area contributed by atoms with Crippen LogP contribution in [0.2, 0.25) is 0 Å². The predicted molar refractivity (Wildman–Crippen MR) is 125 cm³/mol. The Bertz CT molecular complexity index is 1020. The van der Waals surface area contributed by atoms with Crippen LogP contribution in [0.15, 0.2) is 54.2 Å². The molecule has 2 amide bonds. The lowest BCUT2D eigenvalue weighted by molar-refractivity contribution is -0.120. The molecule has 1 fully saturated rings. The largest absolute Gasteiger partial charge is 0.497 e. The second kappa shape index (κ2) is 9.47. The maximum atomic E-state index is 13.7. The van der Waals surface area contributed by atoms with Crippen molar-refractivity contribution in [3.05, 3.63) is 59.8 Å². The Morgan fingerprint density at radius 1 is 0.969 bits per heavy atom. The van der Waals surface area contributed by atoms with Gasteiger partial charge in [-0.2, -0.15) is 0 Å². The number of methoxy groups -OCH3 is 1. The molecule has 6 nitrogen and oxygen atoms in total. The first-order valence-corrected chi connectivity index (χ1v) is 11.3. The fourth-order valence-electron chi connectivity index (χ4n) is 4.23. The van der Waals surface area contributed by atoms with Crippen molar-refractivity contribution < 1.29 is 19.1 Å². The number of hydrogen-bond acceptors (Lipinski definition) is 5. The second-order valence-electron chi connectivity index (χ2n) is 8.41. The highest BCUT2D eigenvalue weighted by Crippen LogP contribution is 2.37. The van der Waals surface area contributed by atoms with Crippen LogP contribution in [0.1, 0.15) is 38.7 Å². The van der Waals surface area contributed by atoms with Gasteiger partial charge in [0.1, 0.15) is 17.2 Å². The second-order valence-corrected chi connectivity index (χ2v) is 8.41. The van der Waals surface area contributed by atoms with Gasteiger partial charge in [-0.3, -0.25) is 9.59 Å². The molecular weight excluding hydrogens is 404 g/mol. The van der Waals surface area contributed by atoms with E-state index in [0.29, 0.717) is 41.0 Å². The number of carbonyl (C=O) groups excluding carboxylic acids is 2. The van der Waals surface area contributed by atoms with Crippen LogP contribution >= 0.6 is 0 Å². The van der Waals surface area contributed by atoms with Gasteiger partial charge in [-0.05, 0) is 55.0 Å². The Hall–Kier alpha value is -3.28. The lowest BCUT2D eigenvalue weighted by Crippen LogP contribution is -2.38. The van der Waals surface area contributed by atoms with Crippen LogP contribution < -0.4 is 14.4 Å². The smallest absolute Gasteiger partial charge is 0.282 e. The van der Waals surface area contributed by atoms with Crippen LogP contribution in [0.5, 0.6) is 11.5 Å². The molecule has 0 bridgehead atoms. The zero-order chi connectivity index (χ0) is 22.7. The molecule has 2 aromatic carbocycles. The molecule has 4 rings (SSSR count). The highest BCUT2D eigenvalue weighted by atomic mass is 16.5. The van der Waals surface area contributed by atoms with E-state index in [1.165, 1.54) is 4.90 Å². The molecule has 168 valence electrons. The van der Waals surface area contributed by atoms with Gasteiger partial charge in [-0.15, -0.1) is 0 Å². The Labute approximate surface area is 189 Å². The zero-order valence-electron chi connectivity index (χ0n) is 19.0. The van der Waals surface area contributed by atoms with E-state index >= 15 is 0 Å². The predicted octanol–water partition coefficient (Wildman–Crippen LogP) is 4.50. The number of benzene rings is 2. The first-order chi connectivity index (χ1) is 15.5. The van der Waals surface area contributed by atoms with Crippen molar-refractivity contribution in [2.24, 2.45) is 5.92 Å². The van der Waals surface area contributed by atoms with Gasteiger partial charge < -0.3 is 14.4 Å². The van der Waals surface area contributed by atoms with Gasteiger partial charge in [0, 0.05) is 19.2 Å². The van der Waals surface area contributed by atoms with E-state index in [0.717, 1.165) is 37.9 Å². The normalized spacial score (nSPS) is 17.3. The third-order valence-corrected chi connectivity index (χ3v) is 6.09. The maximum Gasteiger partial charge on any atom is 0.282 e. The third-order valence-electron chi connectivity index (χ3n) is 6.09. The number of hydrogen-bond donors (Lipinski definition) is 0. The Morgan fingerprint density at radius 3 is 2.34 bits per heavy atom. The van der Waals surface area contributed by atoms with Gasteiger partial charge in [-0.25, -0.2) is 4.90 Å². The maximum absolute atomic E-state index is 13.7. The number of carbonyl (C=O) groups is 2. The number of nitrogens with zero attached hydrogens (tertiary/aromatic N) is 2. The number of likely N-dealkylation sites (tertiary alicyclic amines) is 1. The standard InChI is InChI=1S/C26H30N2O4/c1-4-16-32-22-7-5-6-20(17-22)28-25(29)23(19-8-10-21(31-3)11-9-19)24(26(28)30)27-14-12-18(2)13-15-27/h5-11,17-18H,4,12-16H2,1-3H3. The van der Waals surface area contributed by atoms with Gasteiger partial charge in [0.2, 0.25) is 0 Å². The van der Waals surface area contributed by atoms with E-state index in [9.17, 15) is 9.59 Å². The van der Waals surface area contributed by atoms with Crippen molar-refractivity contribution in [1.29, 1.82) is 0 Å². The minimum absolute atomic E-state index is 0.275. The lowest BCUT2D eigenvalue weighted by Gasteiger charge is -2.32. The van der Waals surface area contributed by atoms with Gasteiger partial charge in [0.05, 0.1) is 25.0 Å². The molecule has 0 atom stereocenters. The Balaban J connectivity index is 1.74. The number of ether oxygens (including phenoxy) is 2. The van der Waals surface area contributed by atoms with E-state index in [1.54, 1.807) is 19.2 Å². The van der Waals surface area contributed by atoms with Gasteiger partial charge in [-0.1, -0.05) is 32.0 Å². The zero-order valence-corrected chi connectivity index (χ0v) is 19.0. The third kappa shape index (κ3) is 4.22. The van der Waals surface area contributed by atoms with Crippen LogP contribution in [0.4, 0.5) is 5.69 Å². The first kappa shape index (κ1) is 21.9. The summed E-state index contributed by atoms with van der Waals surface area (Å²) in [6, 6.07) is 14.5. The summed E-state index contributed by atoms with van der Waals surface area (Å²) in [5, 5.41) is 0. The number of anilines is 1. The molecule has 2 aliphatic heterocycles. The van der Waals surface area contributed by atoms with Gasteiger partial charge in [0.25, 0.3) is 11.8 Å². The van der Waals surface area contributed by atoms with Gasteiger partial charge in [0.15, 0.2) is 0 Å². The highest BCUT2D eigenvalue weighted by Gasteiger charge is 2.43. The molecule has 0 radical (unpaired) electrons. The molecule has 0 aromatic heterocycles. The van der Waals surface area contributed by atoms with E-state index in [1.807, 2.05) is 43.3 Å². The van der Waals surface area contributed by atoms with E-state index in [2.05, 4.69) is 11.8 Å². The number of imide groups is 1. The molecule has 2 aliphatic rings. The first-order valence-electron chi connectivity index (χ1n) is 11.3. The number of rotatable bonds is 7. The molecule has 0 spiro atoms. The number of piperidine rings is 1. The van der Waals surface area contributed by atoms with E-state index in [4.69, 9.17) is 9.47 Å². The van der Waals surface area contributed by atoms with Crippen LogP contribution in [0, 0.1) is 5.92 Å². The minimum atomic E-state index is -0.304. The van der Waals surface area contributed by atoms with Crippen LogP contribution in [-0.4, -0.2) is 43.5 Å². The van der Waals surface area contributed by atoms with Crippen LogP contribution in [0.25, 0.3) is 5.57 Å². The molecule has 1 saturated heterocycles. The molecule has 0 N–H and O–H groups in total. The molecule has 2 aromatic rings. The highest BCUT2D eigenvalue weighted by molar-refractivity contribution is 6.45. The summed E-state index contributed by atoms with van der Waals surface area (Å²) in [7, 11) is 1.61. The molecule has 32 heavy (non-hydrogen) atoms. The van der Waals surface area contributed by atoms with Crippen LogP contribution in [-0.2, 0) is 9.59 Å². The number of amides is 2. The van der Waals surface area contributed by atoms with Crippen molar-refractivity contribution in [1.82, 2.24) is 4.90 Å². The average Bonchev–Trinajstić information content (AvgIpc) is 3.08. The summed E-state index contributed by atoms with van der Waals surface area (Å²) in [5.41, 5.74) is 2.19. The fraction of sp³-hybridized carbons (Fsp3) is 0.385. The summed E-state index contributed by atoms with van der Waals surface area (Å²) >= 11 is 0. The van der Waals surface area contributed by atoms with Crippen LogP contribution in [0.3, 0.4) is 0 Å². The Morgan fingerprint density at radius 2 is 1.69 bits per heavy atom.